The minimum atomic E-state index is -4.47. The monoisotopic (exact) mass is 405 g/mol. The van der Waals surface area contributed by atoms with Crippen LogP contribution in [-0.2, 0) is 10.9 Å². The molecule has 2 aromatic heterocycles. The summed E-state index contributed by atoms with van der Waals surface area (Å²) < 4.78 is 50.0. The van der Waals surface area contributed by atoms with Crippen molar-refractivity contribution in [2.45, 2.75) is 20.0 Å². The first-order chi connectivity index (χ1) is 13.8. The summed E-state index contributed by atoms with van der Waals surface area (Å²) >= 11 is 0. The maximum Gasteiger partial charge on any atom is 0.417 e. The lowest BCUT2D eigenvalue weighted by atomic mass is 10.2. The van der Waals surface area contributed by atoms with Gasteiger partial charge in [0.15, 0.2) is 5.82 Å². The van der Waals surface area contributed by atoms with Crippen molar-refractivity contribution in [1.29, 1.82) is 0 Å². The number of hydrogen-bond donors (Lipinski definition) is 0. The van der Waals surface area contributed by atoms with Crippen LogP contribution >= 0.6 is 0 Å². The lowest BCUT2D eigenvalue weighted by molar-refractivity contribution is -0.137. The summed E-state index contributed by atoms with van der Waals surface area (Å²) in [6.45, 7) is 3.74. The Labute approximate surface area is 164 Å². The van der Waals surface area contributed by atoms with Crippen molar-refractivity contribution in [3.8, 4) is 11.6 Å². The highest BCUT2D eigenvalue weighted by molar-refractivity contribution is 5.90. The summed E-state index contributed by atoms with van der Waals surface area (Å²) in [6, 6.07) is 9.57. The number of carbonyl (C=O) groups excluding carboxylic acids is 1. The molecule has 0 bridgehead atoms. The predicted octanol–water partition coefficient (Wildman–Crippen LogP) is 4.14. The summed E-state index contributed by atoms with van der Waals surface area (Å²) in [5, 5.41) is 4.03. The van der Waals surface area contributed by atoms with Crippen molar-refractivity contribution in [1.82, 2.24) is 14.8 Å². The number of ether oxygens (including phenoxy) is 2. The second-order valence-corrected chi connectivity index (χ2v) is 6.21. The van der Waals surface area contributed by atoms with Gasteiger partial charge in [0.2, 0.25) is 0 Å². The maximum atomic E-state index is 12.7. The molecule has 0 radical (unpaired) electrons. The molecule has 6 nitrogen and oxygen atoms in total. The van der Waals surface area contributed by atoms with Gasteiger partial charge in [0.25, 0.3) is 0 Å². The number of benzene rings is 1. The van der Waals surface area contributed by atoms with E-state index >= 15 is 0 Å². The Morgan fingerprint density at radius 1 is 1.07 bits per heavy atom. The molecule has 0 atom stereocenters. The highest BCUT2D eigenvalue weighted by Gasteiger charge is 2.30. The second-order valence-electron chi connectivity index (χ2n) is 6.21. The summed E-state index contributed by atoms with van der Waals surface area (Å²) in [5.74, 6) is 0.271. The van der Waals surface area contributed by atoms with Crippen molar-refractivity contribution >= 4 is 5.97 Å². The van der Waals surface area contributed by atoms with Gasteiger partial charge >= 0.3 is 12.1 Å². The molecule has 0 N–H and O–H groups in total. The second kappa shape index (κ2) is 8.34. The molecule has 0 fully saturated rings. The molecule has 0 aliphatic heterocycles. The van der Waals surface area contributed by atoms with Gasteiger partial charge in [0.05, 0.1) is 17.5 Å². The topological polar surface area (TPSA) is 66.2 Å². The van der Waals surface area contributed by atoms with Gasteiger partial charge in [-0.15, -0.1) is 0 Å². The summed E-state index contributed by atoms with van der Waals surface area (Å²) in [7, 11) is 0. The highest BCUT2D eigenvalue weighted by Crippen LogP contribution is 2.28. The van der Waals surface area contributed by atoms with E-state index in [0.29, 0.717) is 11.4 Å². The molecule has 1 aromatic carbocycles. The van der Waals surface area contributed by atoms with E-state index in [0.717, 1.165) is 17.8 Å². The number of esters is 1. The van der Waals surface area contributed by atoms with Crippen LogP contribution in [0.5, 0.6) is 5.75 Å². The number of alkyl halides is 3. The summed E-state index contributed by atoms with van der Waals surface area (Å²) in [6.07, 6.45) is -2.46. The van der Waals surface area contributed by atoms with E-state index in [1.807, 2.05) is 31.2 Å². The van der Waals surface area contributed by atoms with Gasteiger partial charge in [-0.1, -0.05) is 18.2 Å². The molecule has 0 spiro atoms. The average Bonchev–Trinajstić information content (AvgIpc) is 3.07. The van der Waals surface area contributed by atoms with Gasteiger partial charge in [-0.3, -0.25) is 0 Å². The smallest absolute Gasteiger partial charge is 0.417 e. The predicted molar refractivity (Wildman–Crippen MR) is 98.1 cm³/mol. The molecule has 0 saturated carbocycles. The number of hydrogen-bond acceptors (Lipinski definition) is 5. The number of aromatic nitrogens is 3. The lowest BCUT2D eigenvalue weighted by Gasteiger charge is -2.10. The van der Waals surface area contributed by atoms with E-state index < -0.39 is 17.7 Å². The Bertz CT molecular complexity index is 998. The van der Waals surface area contributed by atoms with Crippen LogP contribution in [0.1, 0.15) is 27.2 Å². The number of nitrogens with zero attached hydrogens (tertiary/aromatic N) is 3. The van der Waals surface area contributed by atoms with Crippen molar-refractivity contribution in [3.63, 3.8) is 0 Å². The van der Waals surface area contributed by atoms with Gasteiger partial charge in [-0.05, 0) is 37.6 Å². The van der Waals surface area contributed by atoms with Crippen LogP contribution in [0.15, 0.2) is 48.8 Å². The van der Waals surface area contributed by atoms with Gasteiger partial charge in [0, 0.05) is 6.20 Å². The quantitative estimate of drug-likeness (QED) is 0.456. The molecule has 3 rings (SSSR count). The molecule has 0 unspecified atom stereocenters. The van der Waals surface area contributed by atoms with Gasteiger partial charge in [-0.25, -0.2) is 14.5 Å². The number of para-hydroxylation sites is 1. The van der Waals surface area contributed by atoms with Crippen LogP contribution < -0.4 is 4.74 Å². The largest absolute Gasteiger partial charge is 0.490 e. The third kappa shape index (κ3) is 4.74. The molecular formula is C20H18F3N3O3. The van der Waals surface area contributed by atoms with Gasteiger partial charge < -0.3 is 9.47 Å². The zero-order valence-electron chi connectivity index (χ0n) is 15.7. The minimum absolute atomic E-state index is 0.0380. The first-order valence-corrected chi connectivity index (χ1v) is 8.71. The van der Waals surface area contributed by atoms with E-state index in [-0.39, 0.29) is 24.6 Å². The van der Waals surface area contributed by atoms with Crippen LogP contribution in [0, 0.1) is 13.8 Å². The molecular weight excluding hydrogens is 387 g/mol. The maximum absolute atomic E-state index is 12.7. The number of carbonyl (C=O) groups is 1. The highest BCUT2D eigenvalue weighted by atomic mass is 19.4. The normalized spacial score (nSPS) is 11.3. The minimum Gasteiger partial charge on any atom is -0.490 e. The number of halogens is 3. The van der Waals surface area contributed by atoms with Crippen molar-refractivity contribution in [2.24, 2.45) is 0 Å². The molecule has 0 amide bonds. The van der Waals surface area contributed by atoms with Gasteiger partial charge in [-0.2, -0.15) is 18.3 Å². The molecule has 29 heavy (non-hydrogen) atoms. The first-order valence-electron chi connectivity index (χ1n) is 8.71. The zero-order valence-corrected chi connectivity index (χ0v) is 15.7. The van der Waals surface area contributed by atoms with Crippen molar-refractivity contribution < 1.29 is 27.4 Å². The Morgan fingerprint density at radius 2 is 1.83 bits per heavy atom. The van der Waals surface area contributed by atoms with Gasteiger partial charge in [0.1, 0.15) is 24.5 Å². The fraction of sp³-hybridized carbons (Fsp3) is 0.250. The fourth-order valence-electron chi connectivity index (χ4n) is 2.60. The van der Waals surface area contributed by atoms with E-state index in [1.54, 1.807) is 6.92 Å². The van der Waals surface area contributed by atoms with Crippen molar-refractivity contribution in [3.05, 3.63) is 71.2 Å². The molecule has 2 heterocycles. The summed E-state index contributed by atoms with van der Waals surface area (Å²) in [5.41, 5.74) is 0.712. The number of aryl methyl sites for hydroxylation is 1. The summed E-state index contributed by atoms with van der Waals surface area (Å²) in [4.78, 5) is 16.0. The Morgan fingerprint density at radius 3 is 2.48 bits per heavy atom. The molecule has 9 heteroatoms. The molecule has 152 valence electrons. The third-order valence-electron chi connectivity index (χ3n) is 4.19. The zero-order chi connectivity index (χ0) is 21.0. The Hall–Kier alpha value is -3.36. The van der Waals surface area contributed by atoms with Crippen LogP contribution in [0.3, 0.4) is 0 Å². The number of rotatable bonds is 6. The SMILES string of the molecule is Cc1ccccc1OCCOC(=O)c1cnn(-c2ccc(C(F)(F)F)cn2)c1C. The van der Waals surface area contributed by atoms with E-state index in [1.165, 1.54) is 16.9 Å². The first kappa shape index (κ1) is 20.4. The lowest BCUT2D eigenvalue weighted by Crippen LogP contribution is -2.13. The van der Waals surface area contributed by atoms with Crippen LogP contribution in [0.25, 0.3) is 5.82 Å². The fourth-order valence-corrected chi connectivity index (χ4v) is 2.60. The van der Waals surface area contributed by atoms with E-state index in [4.69, 9.17) is 9.47 Å². The van der Waals surface area contributed by atoms with E-state index in [9.17, 15) is 18.0 Å². The van der Waals surface area contributed by atoms with Crippen LogP contribution in [0.4, 0.5) is 13.2 Å². The Balaban J connectivity index is 1.61. The standard InChI is InChI=1S/C20H18F3N3O3/c1-13-5-3-4-6-17(13)28-9-10-29-19(27)16-12-25-26(14(16)2)18-8-7-15(11-24-18)20(21,22)23/h3-8,11-12H,9-10H2,1-2H3. The molecule has 0 aliphatic rings. The third-order valence-corrected chi connectivity index (χ3v) is 4.19. The Kier molecular flexibility index (Phi) is 5.86. The molecule has 0 aliphatic carbocycles. The van der Waals surface area contributed by atoms with Crippen LogP contribution in [0.2, 0.25) is 0 Å². The van der Waals surface area contributed by atoms with E-state index in [2.05, 4.69) is 10.1 Å². The van der Waals surface area contributed by atoms with Crippen molar-refractivity contribution in [2.75, 3.05) is 13.2 Å². The van der Waals surface area contributed by atoms with Crippen LogP contribution in [-0.4, -0.2) is 33.9 Å². The molecule has 3 aromatic rings. The molecule has 0 saturated heterocycles. The average molecular weight is 405 g/mol. The number of pyridine rings is 1.